The average molecular weight is 243 g/mol. The quantitative estimate of drug-likeness (QED) is 0.664. The zero-order valence-corrected chi connectivity index (χ0v) is 12.0. The highest BCUT2D eigenvalue weighted by Crippen LogP contribution is 2.23. The fourth-order valence-corrected chi connectivity index (χ4v) is 2.33. The fourth-order valence-electron chi connectivity index (χ4n) is 2.33. The second-order valence-electron chi connectivity index (χ2n) is 5.59. The van der Waals surface area contributed by atoms with Gasteiger partial charge in [0.1, 0.15) is 0 Å². The molecule has 1 saturated heterocycles. The monoisotopic (exact) mass is 243 g/mol. The van der Waals surface area contributed by atoms with Crippen LogP contribution in [-0.4, -0.2) is 75.9 Å². The number of likely N-dealkylation sites (tertiary alicyclic amines) is 1. The number of ether oxygens (including phenoxy) is 1. The molecular weight excluding hydrogens is 214 g/mol. The third kappa shape index (κ3) is 5.82. The molecule has 1 fully saturated rings. The normalized spacial score (nSPS) is 26.6. The van der Waals surface area contributed by atoms with Gasteiger partial charge in [-0.3, -0.25) is 4.90 Å². The maximum atomic E-state index is 5.60. The standard InChI is InChI=1S/C13H29N3O/c1-13(17-4)6-5-9-16(12-13)11-8-14-7-10-15(2)3/h14H,5-12H2,1-4H3. The van der Waals surface area contributed by atoms with Gasteiger partial charge >= 0.3 is 0 Å². The zero-order valence-electron chi connectivity index (χ0n) is 12.0. The van der Waals surface area contributed by atoms with Crippen LogP contribution in [0.15, 0.2) is 0 Å². The first kappa shape index (κ1) is 14.9. The topological polar surface area (TPSA) is 27.7 Å². The number of hydrogen-bond donors (Lipinski definition) is 1. The highest BCUT2D eigenvalue weighted by atomic mass is 16.5. The lowest BCUT2D eigenvalue weighted by molar-refractivity contribution is -0.0502. The van der Waals surface area contributed by atoms with E-state index in [2.05, 4.69) is 36.1 Å². The molecule has 0 aromatic heterocycles. The van der Waals surface area contributed by atoms with Gasteiger partial charge in [-0.2, -0.15) is 0 Å². The Labute approximate surface area is 106 Å². The van der Waals surface area contributed by atoms with Gasteiger partial charge in [-0.1, -0.05) is 0 Å². The Morgan fingerprint density at radius 1 is 1.35 bits per heavy atom. The van der Waals surface area contributed by atoms with Crippen molar-refractivity contribution in [1.29, 1.82) is 0 Å². The fraction of sp³-hybridized carbons (Fsp3) is 1.00. The Hall–Kier alpha value is -0.160. The van der Waals surface area contributed by atoms with Gasteiger partial charge in [-0.15, -0.1) is 0 Å². The summed E-state index contributed by atoms with van der Waals surface area (Å²) < 4.78 is 5.60. The highest BCUT2D eigenvalue weighted by Gasteiger charge is 2.30. The van der Waals surface area contributed by atoms with Crippen LogP contribution >= 0.6 is 0 Å². The minimum Gasteiger partial charge on any atom is -0.377 e. The molecule has 1 aliphatic heterocycles. The van der Waals surface area contributed by atoms with Crippen molar-refractivity contribution in [3.63, 3.8) is 0 Å². The molecule has 0 aliphatic carbocycles. The maximum Gasteiger partial charge on any atom is 0.0777 e. The van der Waals surface area contributed by atoms with Crippen molar-refractivity contribution in [2.24, 2.45) is 0 Å². The van der Waals surface area contributed by atoms with Crippen LogP contribution in [0.25, 0.3) is 0 Å². The summed E-state index contributed by atoms with van der Waals surface area (Å²) in [6.07, 6.45) is 2.44. The van der Waals surface area contributed by atoms with Gasteiger partial charge in [0, 0.05) is 39.8 Å². The number of methoxy groups -OCH3 is 1. The molecule has 1 aliphatic rings. The van der Waals surface area contributed by atoms with E-state index in [4.69, 9.17) is 4.74 Å². The summed E-state index contributed by atoms with van der Waals surface area (Å²) in [5, 5.41) is 3.49. The van der Waals surface area contributed by atoms with Gasteiger partial charge in [0.25, 0.3) is 0 Å². The second-order valence-corrected chi connectivity index (χ2v) is 5.59. The van der Waals surface area contributed by atoms with Crippen molar-refractivity contribution in [1.82, 2.24) is 15.1 Å². The van der Waals surface area contributed by atoms with Gasteiger partial charge in [-0.05, 0) is 40.4 Å². The van der Waals surface area contributed by atoms with Crippen molar-refractivity contribution < 1.29 is 4.74 Å². The van der Waals surface area contributed by atoms with Gasteiger partial charge in [0.05, 0.1) is 5.60 Å². The number of nitrogens with zero attached hydrogens (tertiary/aromatic N) is 2. The molecule has 17 heavy (non-hydrogen) atoms. The summed E-state index contributed by atoms with van der Waals surface area (Å²) in [4.78, 5) is 4.71. The molecule has 102 valence electrons. The van der Waals surface area contributed by atoms with E-state index in [1.807, 2.05) is 7.11 Å². The molecule has 1 rings (SSSR count). The van der Waals surface area contributed by atoms with Crippen molar-refractivity contribution >= 4 is 0 Å². The van der Waals surface area contributed by atoms with Crippen LogP contribution in [-0.2, 0) is 4.74 Å². The van der Waals surface area contributed by atoms with E-state index >= 15 is 0 Å². The van der Waals surface area contributed by atoms with Crippen molar-refractivity contribution in [3.05, 3.63) is 0 Å². The summed E-state index contributed by atoms with van der Waals surface area (Å²) in [6.45, 7) is 8.89. The first-order valence-electron chi connectivity index (χ1n) is 6.69. The molecule has 1 N–H and O–H groups in total. The number of likely N-dealkylation sites (N-methyl/N-ethyl adjacent to an activating group) is 1. The van der Waals surface area contributed by atoms with Gasteiger partial charge in [-0.25, -0.2) is 0 Å². The van der Waals surface area contributed by atoms with Crippen molar-refractivity contribution in [3.8, 4) is 0 Å². The van der Waals surface area contributed by atoms with E-state index < -0.39 is 0 Å². The minimum atomic E-state index is 0.0713. The first-order chi connectivity index (χ1) is 8.06. The van der Waals surface area contributed by atoms with Crippen LogP contribution in [0.2, 0.25) is 0 Å². The highest BCUT2D eigenvalue weighted by molar-refractivity contribution is 4.84. The SMILES string of the molecule is COC1(C)CCCN(CCNCCN(C)C)C1. The summed E-state index contributed by atoms with van der Waals surface area (Å²) >= 11 is 0. The smallest absolute Gasteiger partial charge is 0.0777 e. The Kier molecular flexibility index (Phi) is 6.41. The molecule has 1 heterocycles. The second kappa shape index (κ2) is 7.31. The van der Waals surface area contributed by atoms with E-state index in [1.165, 1.54) is 19.4 Å². The largest absolute Gasteiger partial charge is 0.377 e. The van der Waals surface area contributed by atoms with E-state index in [-0.39, 0.29) is 5.60 Å². The lowest BCUT2D eigenvalue weighted by atomic mass is 9.95. The molecular formula is C13H29N3O. The summed E-state index contributed by atoms with van der Waals surface area (Å²) in [6, 6.07) is 0. The zero-order chi connectivity index (χ0) is 12.7. The number of piperidine rings is 1. The lowest BCUT2D eigenvalue weighted by Crippen LogP contribution is -2.49. The van der Waals surface area contributed by atoms with Crippen LogP contribution in [0.3, 0.4) is 0 Å². The van der Waals surface area contributed by atoms with Crippen LogP contribution in [0, 0.1) is 0 Å². The Morgan fingerprint density at radius 2 is 2.12 bits per heavy atom. The molecule has 1 atom stereocenters. The van der Waals surface area contributed by atoms with E-state index in [0.29, 0.717) is 0 Å². The number of hydrogen-bond acceptors (Lipinski definition) is 4. The molecule has 0 aromatic carbocycles. The number of nitrogens with one attached hydrogen (secondary N) is 1. The first-order valence-corrected chi connectivity index (χ1v) is 6.69. The molecule has 0 spiro atoms. The molecule has 1 unspecified atom stereocenters. The Morgan fingerprint density at radius 3 is 2.76 bits per heavy atom. The van der Waals surface area contributed by atoms with Gasteiger partial charge < -0.3 is 15.0 Å². The van der Waals surface area contributed by atoms with Crippen LogP contribution in [0.4, 0.5) is 0 Å². The minimum absolute atomic E-state index is 0.0713. The number of rotatable bonds is 7. The Bertz CT molecular complexity index is 211. The van der Waals surface area contributed by atoms with Gasteiger partial charge in [0.15, 0.2) is 0 Å². The van der Waals surface area contributed by atoms with Crippen LogP contribution in [0.5, 0.6) is 0 Å². The van der Waals surface area contributed by atoms with Crippen molar-refractivity contribution in [2.45, 2.75) is 25.4 Å². The maximum absolute atomic E-state index is 5.60. The predicted octanol–water partition coefficient (Wildman–Crippen LogP) is 0.639. The summed E-state index contributed by atoms with van der Waals surface area (Å²) in [5.41, 5.74) is 0.0713. The molecule has 0 radical (unpaired) electrons. The molecule has 0 bridgehead atoms. The van der Waals surface area contributed by atoms with Gasteiger partial charge in [0.2, 0.25) is 0 Å². The van der Waals surface area contributed by atoms with Crippen molar-refractivity contribution in [2.75, 3.05) is 60.5 Å². The van der Waals surface area contributed by atoms with Crippen LogP contribution in [0.1, 0.15) is 19.8 Å². The molecule has 4 heteroatoms. The average Bonchev–Trinajstić information content (AvgIpc) is 2.28. The van der Waals surface area contributed by atoms with Crippen LogP contribution < -0.4 is 5.32 Å². The summed E-state index contributed by atoms with van der Waals surface area (Å²) in [7, 11) is 6.05. The summed E-state index contributed by atoms with van der Waals surface area (Å²) in [5.74, 6) is 0. The molecule has 0 saturated carbocycles. The molecule has 0 aromatic rings. The molecule has 4 nitrogen and oxygen atoms in total. The lowest BCUT2D eigenvalue weighted by Gasteiger charge is -2.39. The third-order valence-electron chi connectivity index (χ3n) is 3.57. The Balaban J connectivity index is 2.11. The molecule has 0 amide bonds. The van der Waals surface area contributed by atoms with E-state index in [0.717, 1.165) is 32.7 Å². The third-order valence-corrected chi connectivity index (χ3v) is 3.57. The predicted molar refractivity (Wildman–Crippen MR) is 72.5 cm³/mol. The van der Waals surface area contributed by atoms with E-state index in [9.17, 15) is 0 Å². The van der Waals surface area contributed by atoms with E-state index in [1.54, 1.807) is 0 Å².